The summed E-state index contributed by atoms with van der Waals surface area (Å²) in [4.78, 5) is 23.2. The first-order chi connectivity index (χ1) is 18.2. The van der Waals surface area contributed by atoms with Crippen LogP contribution in [0.25, 0.3) is 0 Å². The molecule has 0 aliphatic rings. The SMILES string of the molecule is CCCCCCCCCCCCCCCCCCCCCCCCCC(=O)O[C@H](CC(=O)O)C[N+](C)(C)C. The van der Waals surface area contributed by atoms with Crippen molar-refractivity contribution < 1.29 is 23.9 Å². The van der Waals surface area contributed by atoms with E-state index in [0.717, 1.165) is 12.8 Å². The van der Waals surface area contributed by atoms with Gasteiger partial charge in [-0.2, -0.15) is 0 Å². The average molecular weight is 541 g/mol. The van der Waals surface area contributed by atoms with Gasteiger partial charge in [0.15, 0.2) is 6.10 Å². The smallest absolute Gasteiger partial charge is 0.307 e. The average Bonchev–Trinajstić information content (AvgIpc) is 2.83. The minimum Gasteiger partial charge on any atom is -0.481 e. The molecule has 1 atom stereocenters. The lowest BCUT2D eigenvalue weighted by Gasteiger charge is -2.28. The highest BCUT2D eigenvalue weighted by atomic mass is 16.5. The van der Waals surface area contributed by atoms with Gasteiger partial charge >= 0.3 is 11.9 Å². The lowest BCUT2D eigenvalue weighted by molar-refractivity contribution is -0.873. The van der Waals surface area contributed by atoms with Crippen LogP contribution in [0.15, 0.2) is 0 Å². The second kappa shape index (κ2) is 26.1. The molecule has 0 rings (SSSR count). The Morgan fingerprint density at radius 2 is 0.895 bits per heavy atom. The summed E-state index contributed by atoms with van der Waals surface area (Å²) >= 11 is 0. The number of nitrogens with zero attached hydrogens (tertiary/aromatic N) is 1. The number of rotatable bonds is 29. The summed E-state index contributed by atoms with van der Waals surface area (Å²) in [6.07, 6.45) is 30.9. The third-order valence-electron chi connectivity index (χ3n) is 7.44. The van der Waals surface area contributed by atoms with E-state index in [0.29, 0.717) is 17.4 Å². The standard InChI is InChI=1S/C33H65NO4/c1-5-6-7-8-9-10-11-12-13-14-15-16-17-18-19-20-21-22-23-24-25-26-27-28-33(37)38-31(29-32(35)36)30-34(2,3)4/h31H,5-30H2,1-4H3/p+1/t31-/m1/s1. The third kappa shape index (κ3) is 29.5. The van der Waals surface area contributed by atoms with Gasteiger partial charge in [-0.3, -0.25) is 9.59 Å². The first-order valence-electron chi connectivity index (χ1n) is 16.5. The highest BCUT2D eigenvalue weighted by Gasteiger charge is 2.24. The molecule has 0 aromatic rings. The predicted octanol–water partition coefficient (Wildman–Crippen LogP) is 9.46. The van der Waals surface area contributed by atoms with Crippen molar-refractivity contribution >= 4 is 11.9 Å². The number of hydrogen-bond donors (Lipinski definition) is 1. The summed E-state index contributed by atoms with van der Waals surface area (Å²) in [7, 11) is 5.93. The number of esters is 1. The fourth-order valence-corrected chi connectivity index (χ4v) is 5.25. The molecule has 0 aliphatic carbocycles. The van der Waals surface area contributed by atoms with Gasteiger partial charge in [0, 0.05) is 6.42 Å². The molecular formula is C33H66NO4+. The van der Waals surface area contributed by atoms with Crippen LogP contribution < -0.4 is 0 Å². The maximum Gasteiger partial charge on any atom is 0.307 e. The maximum absolute atomic E-state index is 12.1. The summed E-state index contributed by atoms with van der Waals surface area (Å²) in [5.74, 6) is -1.18. The first-order valence-corrected chi connectivity index (χ1v) is 16.5. The van der Waals surface area contributed by atoms with Crippen molar-refractivity contribution in [1.29, 1.82) is 0 Å². The molecule has 0 unspecified atom stereocenters. The summed E-state index contributed by atoms with van der Waals surface area (Å²) in [6.45, 7) is 2.80. The summed E-state index contributed by atoms with van der Waals surface area (Å²) in [5, 5.41) is 9.06. The molecule has 0 fully saturated rings. The summed E-state index contributed by atoms with van der Waals surface area (Å²) in [6, 6.07) is 0. The number of hydrogen-bond acceptors (Lipinski definition) is 3. The maximum atomic E-state index is 12.1. The van der Waals surface area contributed by atoms with Gasteiger partial charge in [-0.15, -0.1) is 0 Å². The van der Waals surface area contributed by atoms with E-state index in [1.54, 1.807) is 0 Å². The second-order valence-corrected chi connectivity index (χ2v) is 12.7. The summed E-state index contributed by atoms with van der Waals surface area (Å²) < 4.78 is 6.03. The molecule has 5 nitrogen and oxygen atoms in total. The second-order valence-electron chi connectivity index (χ2n) is 12.7. The van der Waals surface area contributed by atoms with E-state index in [1.807, 2.05) is 21.1 Å². The van der Waals surface area contributed by atoms with Gasteiger partial charge < -0.3 is 14.3 Å². The van der Waals surface area contributed by atoms with Gasteiger partial charge in [0.2, 0.25) is 0 Å². The van der Waals surface area contributed by atoms with Crippen molar-refractivity contribution in [3.63, 3.8) is 0 Å². The van der Waals surface area contributed by atoms with Crippen molar-refractivity contribution in [2.24, 2.45) is 0 Å². The fourth-order valence-electron chi connectivity index (χ4n) is 5.25. The molecule has 1 N–H and O–H groups in total. The quantitative estimate of drug-likeness (QED) is 0.0583. The Balaban J connectivity index is 3.37. The number of carbonyl (C=O) groups is 2. The fraction of sp³-hybridized carbons (Fsp3) is 0.939. The Hall–Kier alpha value is -1.10. The van der Waals surface area contributed by atoms with E-state index in [4.69, 9.17) is 9.84 Å². The topological polar surface area (TPSA) is 63.6 Å². The zero-order chi connectivity index (χ0) is 28.3. The lowest BCUT2D eigenvalue weighted by atomic mass is 10.0. The number of likely N-dealkylation sites (N-methyl/N-ethyl adjacent to an activating group) is 1. The number of carboxylic acid groups (broad SMARTS) is 1. The molecule has 0 heterocycles. The number of quaternary nitrogens is 1. The normalized spacial score (nSPS) is 12.5. The number of aliphatic carboxylic acids is 1. The highest BCUT2D eigenvalue weighted by Crippen LogP contribution is 2.16. The van der Waals surface area contributed by atoms with Crippen LogP contribution in [0, 0.1) is 0 Å². The first kappa shape index (κ1) is 36.9. The zero-order valence-electron chi connectivity index (χ0n) is 26.1. The Labute approximate surface area is 237 Å². The molecule has 0 aromatic carbocycles. The van der Waals surface area contributed by atoms with Crippen LogP contribution in [0.1, 0.15) is 167 Å². The predicted molar refractivity (Wildman–Crippen MR) is 162 cm³/mol. The Morgan fingerprint density at radius 3 is 1.18 bits per heavy atom. The Morgan fingerprint density at radius 1 is 0.579 bits per heavy atom. The molecule has 0 spiro atoms. The third-order valence-corrected chi connectivity index (χ3v) is 7.44. The largest absolute Gasteiger partial charge is 0.481 e. The van der Waals surface area contributed by atoms with E-state index < -0.39 is 12.1 Å². The zero-order valence-corrected chi connectivity index (χ0v) is 26.1. The van der Waals surface area contributed by atoms with E-state index in [2.05, 4.69) is 6.92 Å². The lowest BCUT2D eigenvalue weighted by Crippen LogP contribution is -2.43. The van der Waals surface area contributed by atoms with E-state index >= 15 is 0 Å². The summed E-state index contributed by atoms with van der Waals surface area (Å²) in [5.41, 5.74) is 0. The van der Waals surface area contributed by atoms with Crippen LogP contribution in [0.3, 0.4) is 0 Å². The van der Waals surface area contributed by atoms with Gasteiger partial charge in [-0.1, -0.05) is 148 Å². The van der Waals surface area contributed by atoms with Gasteiger partial charge in [0.25, 0.3) is 0 Å². The van der Waals surface area contributed by atoms with Crippen molar-refractivity contribution in [3.8, 4) is 0 Å². The molecule has 226 valence electrons. The molecule has 0 radical (unpaired) electrons. The van der Waals surface area contributed by atoms with Crippen LogP contribution in [-0.2, 0) is 14.3 Å². The number of ether oxygens (including phenoxy) is 1. The minimum atomic E-state index is -0.921. The van der Waals surface area contributed by atoms with Crippen molar-refractivity contribution in [2.75, 3.05) is 27.7 Å². The Kier molecular flexibility index (Phi) is 25.4. The molecule has 0 aromatic heterocycles. The van der Waals surface area contributed by atoms with Gasteiger partial charge in [0.1, 0.15) is 6.54 Å². The molecule has 0 saturated carbocycles. The van der Waals surface area contributed by atoms with Crippen molar-refractivity contribution in [3.05, 3.63) is 0 Å². The van der Waals surface area contributed by atoms with Gasteiger partial charge in [-0.25, -0.2) is 0 Å². The molecule has 0 aliphatic heterocycles. The monoisotopic (exact) mass is 540 g/mol. The van der Waals surface area contributed by atoms with Gasteiger partial charge in [0.05, 0.1) is 27.6 Å². The van der Waals surface area contributed by atoms with E-state index in [1.165, 1.54) is 135 Å². The van der Waals surface area contributed by atoms with E-state index in [-0.39, 0.29) is 12.4 Å². The molecular weight excluding hydrogens is 474 g/mol. The minimum absolute atomic E-state index is 0.124. The number of carbonyl (C=O) groups excluding carboxylic acids is 1. The molecule has 38 heavy (non-hydrogen) atoms. The van der Waals surface area contributed by atoms with Crippen LogP contribution in [0.2, 0.25) is 0 Å². The van der Waals surface area contributed by atoms with Gasteiger partial charge in [-0.05, 0) is 6.42 Å². The Bertz CT molecular complexity index is 544. The number of carboxylic acids is 1. The molecule has 0 bridgehead atoms. The molecule has 0 saturated heterocycles. The van der Waals surface area contributed by atoms with Crippen molar-refractivity contribution in [1.82, 2.24) is 0 Å². The van der Waals surface area contributed by atoms with Crippen LogP contribution in [0.4, 0.5) is 0 Å². The van der Waals surface area contributed by atoms with Crippen LogP contribution in [-0.4, -0.2) is 55.3 Å². The van der Waals surface area contributed by atoms with Crippen LogP contribution in [0.5, 0.6) is 0 Å². The van der Waals surface area contributed by atoms with E-state index in [9.17, 15) is 9.59 Å². The molecule has 5 heteroatoms. The van der Waals surface area contributed by atoms with Crippen molar-refractivity contribution in [2.45, 2.75) is 174 Å². The molecule has 0 amide bonds. The number of unbranched alkanes of at least 4 members (excludes halogenated alkanes) is 22. The van der Waals surface area contributed by atoms with Crippen LogP contribution >= 0.6 is 0 Å². The highest BCUT2D eigenvalue weighted by molar-refractivity contribution is 5.71.